The van der Waals surface area contributed by atoms with Crippen molar-refractivity contribution in [3.63, 3.8) is 0 Å². The molecule has 1 amide bonds. The van der Waals surface area contributed by atoms with E-state index < -0.39 is 0 Å². The van der Waals surface area contributed by atoms with Gasteiger partial charge in [-0.05, 0) is 73.7 Å². The van der Waals surface area contributed by atoms with Gasteiger partial charge in [0.25, 0.3) is 5.91 Å². The van der Waals surface area contributed by atoms with E-state index in [1.165, 1.54) is 37.6 Å². The van der Waals surface area contributed by atoms with Crippen LogP contribution in [0.3, 0.4) is 0 Å². The summed E-state index contributed by atoms with van der Waals surface area (Å²) in [7, 11) is 1.54. The number of nitrogens with one attached hydrogen (secondary N) is 1. The van der Waals surface area contributed by atoms with Crippen molar-refractivity contribution < 1.29 is 14.3 Å². The largest absolute Gasteiger partial charge is 0.496 e. The smallest absolute Gasteiger partial charge is 0.255 e. The van der Waals surface area contributed by atoms with Gasteiger partial charge in [-0.2, -0.15) is 0 Å². The summed E-state index contributed by atoms with van der Waals surface area (Å²) >= 11 is 0. The van der Waals surface area contributed by atoms with E-state index in [1.54, 1.807) is 18.2 Å². The second kappa shape index (κ2) is 9.63. The highest BCUT2D eigenvalue weighted by Gasteiger charge is 2.31. The zero-order chi connectivity index (χ0) is 20.4. The number of rotatable bonds is 6. The van der Waals surface area contributed by atoms with E-state index in [4.69, 9.17) is 4.74 Å². The first-order chi connectivity index (χ1) is 14.1. The van der Waals surface area contributed by atoms with Gasteiger partial charge in [-0.15, -0.1) is 12.4 Å². The lowest BCUT2D eigenvalue weighted by Crippen LogP contribution is -2.31. The van der Waals surface area contributed by atoms with Gasteiger partial charge >= 0.3 is 0 Å². The molecule has 0 bridgehead atoms. The number of nitrogens with zero attached hydrogens (tertiary/aromatic N) is 1. The predicted molar refractivity (Wildman–Crippen MR) is 121 cm³/mol. The Morgan fingerprint density at radius 3 is 2.77 bits per heavy atom. The molecule has 2 aromatic carbocycles. The second-order valence-corrected chi connectivity index (χ2v) is 7.90. The first kappa shape index (κ1) is 22.3. The summed E-state index contributed by atoms with van der Waals surface area (Å²) in [5, 5.41) is 3.01. The molecule has 2 heterocycles. The van der Waals surface area contributed by atoms with Gasteiger partial charge in [-0.1, -0.05) is 13.0 Å². The van der Waals surface area contributed by atoms with Gasteiger partial charge in [0, 0.05) is 30.3 Å². The molecule has 5 nitrogen and oxygen atoms in total. The maximum Gasteiger partial charge on any atom is 0.255 e. The van der Waals surface area contributed by atoms with Crippen molar-refractivity contribution in [1.82, 2.24) is 4.90 Å². The Kier molecular flexibility index (Phi) is 7.16. The Morgan fingerprint density at radius 1 is 1.17 bits per heavy atom. The Hall–Kier alpha value is -2.37. The summed E-state index contributed by atoms with van der Waals surface area (Å²) in [4.78, 5) is 27.8. The Labute approximate surface area is 184 Å². The van der Waals surface area contributed by atoms with Gasteiger partial charge in [0.05, 0.1) is 12.7 Å². The van der Waals surface area contributed by atoms with E-state index >= 15 is 0 Å². The molecule has 0 radical (unpaired) electrons. The molecule has 1 N–H and O–H groups in total. The van der Waals surface area contributed by atoms with Crippen LogP contribution in [-0.2, 0) is 6.42 Å². The Bertz CT molecular complexity index is 944. The van der Waals surface area contributed by atoms with Gasteiger partial charge in [-0.25, -0.2) is 0 Å². The predicted octanol–water partition coefficient (Wildman–Crippen LogP) is 5.05. The Balaban J connectivity index is 0.00000256. The maximum absolute atomic E-state index is 12.9. The van der Waals surface area contributed by atoms with Gasteiger partial charge in [0.2, 0.25) is 0 Å². The van der Waals surface area contributed by atoms with Crippen molar-refractivity contribution >= 4 is 29.8 Å². The topological polar surface area (TPSA) is 58.6 Å². The van der Waals surface area contributed by atoms with Crippen molar-refractivity contribution in [2.75, 3.05) is 25.5 Å². The number of ketones is 1. The van der Waals surface area contributed by atoms with Crippen molar-refractivity contribution in [3.05, 3.63) is 58.7 Å². The van der Waals surface area contributed by atoms with Crippen LogP contribution in [0.15, 0.2) is 36.4 Å². The monoisotopic (exact) mass is 428 g/mol. The number of methoxy groups -OCH3 is 1. The summed E-state index contributed by atoms with van der Waals surface area (Å²) < 4.78 is 5.31. The summed E-state index contributed by atoms with van der Waals surface area (Å²) in [5.41, 5.74) is 4.47. The molecule has 0 aliphatic carbocycles. The third-order valence-corrected chi connectivity index (χ3v) is 6.03. The average Bonchev–Trinajstić information content (AvgIpc) is 3.23. The molecule has 2 aromatic rings. The SMILES string of the molecule is CCCC(=O)c1cc(C(=O)Nc2ccc3c(c2)C2CCCN2CC3)ccc1OC.Cl. The summed E-state index contributed by atoms with van der Waals surface area (Å²) in [5.74, 6) is 0.293. The molecular weight excluding hydrogens is 400 g/mol. The number of hydrogen-bond donors (Lipinski definition) is 1. The molecule has 4 rings (SSSR count). The highest BCUT2D eigenvalue weighted by molar-refractivity contribution is 6.07. The summed E-state index contributed by atoms with van der Waals surface area (Å²) in [6, 6.07) is 11.8. The van der Waals surface area contributed by atoms with Crippen LogP contribution in [0.1, 0.15) is 70.5 Å². The molecule has 160 valence electrons. The fourth-order valence-electron chi connectivity index (χ4n) is 4.55. The number of carbonyl (C=O) groups is 2. The second-order valence-electron chi connectivity index (χ2n) is 7.90. The number of hydrogen-bond acceptors (Lipinski definition) is 4. The van der Waals surface area contributed by atoms with E-state index in [9.17, 15) is 9.59 Å². The van der Waals surface area contributed by atoms with Crippen LogP contribution in [-0.4, -0.2) is 36.8 Å². The van der Waals surface area contributed by atoms with Crippen LogP contribution in [0.2, 0.25) is 0 Å². The zero-order valence-corrected chi connectivity index (χ0v) is 18.4. The number of halogens is 1. The number of benzene rings is 2. The van der Waals surface area contributed by atoms with Crippen molar-refractivity contribution in [1.29, 1.82) is 0 Å². The molecular formula is C24H29ClN2O3. The normalized spacial score (nSPS) is 17.5. The van der Waals surface area contributed by atoms with Crippen molar-refractivity contribution in [2.45, 2.75) is 45.1 Å². The molecule has 1 fully saturated rings. The number of ether oxygens (including phenoxy) is 1. The zero-order valence-electron chi connectivity index (χ0n) is 17.6. The highest BCUT2D eigenvalue weighted by atomic mass is 35.5. The van der Waals surface area contributed by atoms with Crippen LogP contribution in [0, 0.1) is 0 Å². The van der Waals surface area contributed by atoms with Crippen LogP contribution < -0.4 is 10.1 Å². The number of carbonyl (C=O) groups excluding carboxylic acids is 2. The van der Waals surface area contributed by atoms with Crippen LogP contribution in [0.25, 0.3) is 0 Å². The maximum atomic E-state index is 12.9. The van der Waals surface area contributed by atoms with E-state index in [2.05, 4.69) is 22.3 Å². The first-order valence-corrected chi connectivity index (χ1v) is 10.5. The van der Waals surface area contributed by atoms with Crippen molar-refractivity contribution in [2.24, 2.45) is 0 Å². The molecule has 6 heteroatoms. The van der Waals surface area contributed by atoms with Crippen molar-refractivity contribution in [3.8, 4) is 5.75 Å². The molecule has 2 aliphatic heterocycles. The summed E-state index contributed by atoms with van der Waals surface area (Å²) in [6.45, 7) is 4.26. The van der Waals surface area contributed by atoms with Gasteiger partial charge < -0.3 is 10.1 Å². The van der Waals surface area contributed by atoms with E-state index in [1.807, 2.05) is 13.0 Å². The number of fused-ring (bicyclic) bond motifs is 3. The highest BCUT2D eigenvalue weighted by Crippen LogP contribution is 2.38. The van der Waals surface area contributed by atoms with E-state index in [0.717, 1.165) is 25.1 Å². The molecule has 0 aromatic heterocycles. The third-order valence-electron chi connectivity index (χ3n) is 6.03. The quantitative estimate of drug-likeness (QED) is 0.654. The molecule has 0 spiro atoms. The average molecular weight is 429 g/mol. The lowest BCUT2D eigenvalue weighted by atomic mass is 9.92. The van der Waals surface area contributed by atoms with Gasteiger partial charge in [0.15, 0.2) is 5.78 Å². The lowest BCUT2D eigenvalue weighted by Gasteiger charge is -2.32. The minimum Gasteiger partial charge on any atom is -0.496 e. The first-order valence-electron chi connectivity index (χ1n) is 10.5. The fraction of sp³-hybridized carbons (Fsp3) is 0.417. The molecule has 1 saturated heterocycles. The van der Waals surface area contributed by atoms with Crippen LogP contribution in [0.4, 0.5) is 5.69 Å². The number of Topliss-reactive ketones (excluding diaryl/α,β-unsaturated/α-hetero) is 1. The molecule has 1 atom stereocenters. The molecule has 30 heavy (non-hydrogen) atoms. The fourth-order valence-corrected chi connectivity index (χ4v) is 4.55. The lowest BCUT2D eigenvalue weighted by molar-refractivity contribution is 0.0979. The summed E-state index contributed by atoms with van der Waals surface area (Å²) in [6.07, 6.45) is 4.68. The third kappa shape index (κ3) is 4.37. The van der Waals surface area contributed by atoms with Crippen LogP contribution >= 0.6 is 12.4 Å². The molecule has 1 unspecified atom stereocenters. The van der Waals surface area contributed by atoms with E-state index in [0.29, 0.717) is 29.3 Å². The molecule has 0 saturated carbocycles. The van der Waals surface area contributed by atoms with Gasteiger partial charge in [-0.3, -0.25) is 14.5 Å². The number of anilines is 1. The minimum absolute atomic E-state index is 0. The molecule has 2 aliphatic rings. The van der Waals surface area contributed by atoms with Gasteiger partial charge in [0.1, 0.15) is 5.75 Å². The standard InChI is InChI=1S/C24H28N2O3.ClH/c1-3-5-22(27)20-14-17(8-10-23(20)29-2)24(28)25-18-9-7-16-11-13-26-12-4-6-21(26)19(16)15-18;/h7-10,14-15,21H,3-6,11-13H2,1-2H3,(H,25,28);1H. The van der Waals surface area contributed by atoms with Crippen LogP contribution in [0.5, 0.6) is 5.75 Å². The minimum atomic E-state index is -0.211. The van der Waals surface area contributed by atoms with E-state index in [-0.39, 0.29) is 24.1 Å². The number of amides is 1. The Morgan fingerprint density at radius 2 is 2.00 bits per heavy atom.